The Morgan fingerprint density at radius 2 is 1.83 bits per heavy atom. The van der Waals surface area contributed by atoms with Crippen molar-refractivity contribution in [2.75, 3.05) is 0 Å². The van der Waals surface area contributed by atoms with Crippen molar-refractivity contribution in [1.29, 1.82) is 0 Å². The first-order valence-electron chi connectivity index (χ1n) is 5.37. The average molecular weight is 169 g/mol. The van der Waals surface area contributed by atoms with Crippen LogP contribution in [0.25, 0.3) is 0 Å². The van der Waals surface area contributed by atoms with E-state index >= 15 is 0 Å². The minimum Gasteiger partial charge on any atom is -0.312 e. The van der Waals surface area contributed by atoms with E-state index in [4.69, 9.17) is 0 Å². The lowest BCUT2D eigenvalue weighted by atomic mass is 9.78. The molecule has 0 bridgehead atoms. The standard InChI is InChI=1S/C11H23N/c1-8(2)12-11-7-5-6-9(3)10(11)4/h8-12H,5-7H2,1-4H3/t9-,10-,11+/m1/s1. The van der Waals surface area contributed by atoms with E-state index in [2.05, 4.69) is 33.0 Å². The molecule has 1 heteroatoms. The maximum Gasteiger partial charge on any atom is 0.00975 e. The van der Waals surface area contributed by atoms with Crippen molar-refractivity contribution in [2.24, 2.45) is 11.8 Å². The molecule has 0 aromatic heterocycles. The van der Waals surface area contributed by atoms with Crippen molar-refractivity contribution in [3.8, 4) is 0 Å². The lowest BCUT2D eigenvalue weighted by Crippen LogP contribution is -2.43. The summed E-state index contributed by atoms with van der Waals surface area (Å²) < 4.78 is 0. The van der Waals surface area contributed by atoms with Gasteiger partial charge in [0.05, 0.1) is 0 Å². The Morgan fingerprint density at radius 1 is 1.17 bits per heavy atom. The highest BCUT2D eigenvalue weighted by Gasteiger charge is 2.26. The second kappa shape index (κ2) is 4.27. The maximum absolute atomic E-state index is 3.66. The van der Waals surface area contributed by atoms with Crippen LogP contribution in [0, 0.1) is 11.8 Å². The van der Waals surface area contributed by atoms with Crippen LogP contribution in [-0.2, 0) is 0 Å². The van der Waals surface area contributed by atoms with E-state index < -0.39 is 0 Å². The fourth-order valence-corrected chi connectivity index (χ4v) is 2.25. The molecule has 1 N–H and O–H groups in total. The van der Waals surface area contributed by atoms with Gasteiger partial charge in [0.1, 0.15) is 0 Å². The van der Waals surface area contributed by atoms with E-state index in [-0.39, 0.29) is 0 Å². The van der Waals surface area contributed by atoms with Crippen molar-refractivity contribution in [3.63, 3.8) is 0 Å². The normalized spacial score (nSPS) is 37.2. The van der Waals surface area contributed by atoms with Crippen molar-refractivity contribution >= 4 is 0 Å². The van der Waals surface area contributed by atoms with Crippen LogP contribution in [-0.4, -0.2) is 12.1 Å². The lowest BCUT2D eigenvalue weighted by molar-refractivity contribution is 0.198. The number of nitrogens with one attached hydrogen (secondary N) is 1. The Morgan fingerprint density at radius 3 is 2.42 bits per heavy atom. The Kier molecular flexibility index (Phi) is 3.57. The van der Waals surface area contributed by atoms with Gasteiger partial charge in [-0.25, -0.2) is 0 Å². The Balaban J connectivity index is 2.41. The van der Waals surface area contributed by atoms with Gasteiger partial charge in [-0.15, -0.1) is 0 Å². The molecule has 0 spiro atoms. The molecule has 1 fully saturated rings. The van der Waals surface area contributed by atoms with Crippen molar-refractivity contribution in [3.05, 3.63) is 0 Å². The van der Waals surface area contributed by atoms with Crippen LogP contribution >= 0.6 is 0 Å². The molecule has 0 saturated heterocycles. The molecule has 12 heavy (non-hydrogen) atoms. The molecule has 1 rings (SSSR count). The molecule has 1 aliphatic carbocycles. The topological polar surface area (TPSA) is 12.0 Å². The average Bonchev–Trinajstić information content (AvgIpc) is 1.98. The molecular formula is C11H23N. The van der Waals surface area contributed by atoms with Gasteiger partial charge in [-0.3, -0.25) is 0 Å². The van der Waals surface area contributed by atoms with Crippen LogP contribution in [0.15, 0.2) is 0 Å². The second-order valence-electron chi connectivity index (χ2n) is 4.70. The van der Waals surface area contributed by atoms with E-state index in [0.29, 0.717) is 6.04 Å². The van der Waals surface area contributed by atoms with Gasteiger partial charge in [0.15, 0.2) is 0 Å². The molecule has 0 aromatic carbocycles. The number of hydrogen-bond donors (Lipinski definition) is 1. The largest absolute Gasteiger partial charge is 0.312 e. The van der Waals surface area contributed by atoms with Gasteiger partial charge in [0.2, 0.25) is 0 Å². The highest BCUT2D eigenvalue weighted by Crippen LogP contribution is 2.29. The van der Waals surface area contributed by atoms with Crippen LogP contribution in [0.4, 0.5) is 0 Å². The van der Waals surface area contributed by atoms with Gasteiger partial charge in [-0.1, -0.05) is 40.5 Å². The molecule has 1 nitrogen and oxygen atoms in total. The summed E-state index contributed by atoms with van der Waals surface area (Å²) in [4.78, 5) is 0. The summed E-state index contributed by atoms with van der Waals surface area (Å²) in [6, 6.07) is 1.41. The van der Waals surface area contributed by atoms with Crippen LogP contribution in [0.5, 0.6) is 0 Å². The first kappa shape index (κ1) is 10.0. The summed E-state index contributed by atoms with van der Waals surface area (Å²) in [5.41, 5.74) is 0. The second-order valence-corrected chi connectivity index (χ2v) is 4.70. The highest BCUT2D eigenvalue weighted by molar-refractivity contribution is 4.82. The van der Waals surface area contributed by atoms with Crippen LogP contribution < -0.4 is 5.32 Å². The summed E-state index contributed by atoms with van der Waals surface area (Å²) in [7, 11) is 0. The zero-order valence-electron chi connectivity index (χ0n) is 8.93. The Bertz CT molecular complexity index is 131. The van der Waals surface area contributed by atoms with Crippen molar-refractivity contribution in [1.82, 2.24) is 5.32 Å². The van der Waals surface area contributed by atoms with Gasteiger partial charge in [-0.2, -0.15) is 0 Å². The molecule has 0 aliphatic heterocycles. The predicted octanol–water partition coefficient (Wildman–Crippen LogP) is 2.81. The van der Waals surface area contributed by atoms with Gasteiger partial charge in [0, 0.05) is 12.1 Å². The summed E-state index contributed by atoms with van der Waals surface area (Å²) in [5, 5.41) is 3.66. The summed E-state index contributed by atoms with van der Waals surface area (Å²) in [6.07, 6.45) is 4.22. The highest BCUT2D eigenvalue weighted by atomic mass is 14.9. The third-order valence-electron chi connectivity index (χ3n) is 3.25. The molecule has 1 saturated carbocycles. The van der Waals surface area contributed by atoms with E-state index in [1.54, 1.807) is 0 Å². The Labute approximate surface area is 76.9 Å². The van der Waals surface area contributed by atoms with Crippen LogP contribution in [0.1, 0.15) is 47.0 Å². The maximum atomic E-state index is 3.66. The number of hydrogen-bond acceptors (Lipinski definition) is 1. The number of rotatable bonds is 2. The molecule has 0 aromatic rings. The van der Waals surface area contributed by atoms with Crippen LogP contribution in [0.3, 0.4) is 0 Å². The molecule has 0 unspecified atom stereocenters. The zero-order valence-corrected chi connectivity index (χ0v) is 8.93. The third-order valence-corrected chi connectivity index (χ3v) is 3.25. The smallest absolute Gasteiger partial charge is 0.00975 e. The van der Waals surface area contributed by atoms with Crippen molar-refractivity contribution in [2.45, 2.75) is 59.0 Å². The fraction of sp³-hybridized carbons (Fsp3) is 1.00. The first-order valence-corrected chi connectivity index (χ1v) is 5.37. The van der Waals surface area contributed by atoms with Gasteiger partial charge in [-0.05, 0) is 18.3 Å². The first-order chi connectivity index (χ1) is 5.61. The van der Waals surface area contributed by atoms with E-state index in [1.807, 2.05) is 0 Å². The zero-order chi connectivity index (χ0) is 9.14. The quantitative estimate of drug-likeness (QED) is 0.670. The van der Waals surface area contributed by atoms with E-state index in [9.17, 15) is 0 Å². The van der Waals surface area contributed by atoms with E-state index in [0.717, 1.165) is 17.9 Å². The van der Waals surface area contributed by atoms with Crippen LogP contribution in [0.2, 0.25) is 0 Å². The van der Waals surface area contributed by atoms with Gasteiger partial charge >= 0.3 is 0 Å². The lowest BCUT2D eigenvalue weighted by Gasteiger charge is -2.35. The SMILES string of the molecule is CC(C)N[C@H]1CCC[C@@H](C)[C@H]1C. The molecular weight excluding hydrogens is 146 g/mol. The van der Waals surface area contributed by atoms with Gasteiger partial charge < -0.3 is 5.32 Å². The monoisotopic (exact) mass is 169 g/mol. The molecule has 0 heterocycles. The predicted molar refractivity (Wildman–Crippen MR) is 54.2 cm³/mol. The summed E-state index contributed by atoms with van der Waals surface area (Å²) in [6.45, 7) is 9.26. The van der Waals surface area contributed by atoms with Gasteiger partial charge in [0.25, 0.3) is 0 Å². The molecule has 0 radical (unpaired) electrons. The molecule has 0 amide bonds. The van der Waals surface area contributed by atoms with E-state index in [1.165, 1.54) is 19.3 Å². The molecule has 3 atom stereocenters. The minimum absolute atomic E-state index is 0.641. The van der Waals surface area contributed by atoms with Crippen molar-refractivity contribution < 1.29 is 0 Å². The Hall–Kier alpha value is -0.0400. The minimum atomic E-state index is 0.641. The fourth-order valence-electron chi connectivity index (χ4n) is 2.25. The summed E-state index contributed by atoms with van der Waals surface area (Å²) in [5.74, 6) is 1.77. The molecule has 1 aliphatic rings. The molecule has 72 valence electrons. The summed E-state index contributed by atoms with van der Waals surface area (Å²) >= 11 is 0. The third kappa shape index (κ3) is 2.48.